The molecule has 0 aliphatic heterocycles. The van der Waals surface area contributed by atoms with Crippen LogP contribution in [0.15, 0.2) is 27.0 Å². The van der Waals surface area contributed by atoms with Gasteiger partial charge in [0.2, 0.25) is 0 Å². The van der Waals surface area contributed by atoms with Crippen molar-refractivity contribution in [2.24, 2.45) is 0 Å². The first-order valence-electron chi connectivity index (χ1n) is 4.47. The highest BCUT2D eigenvalue weighted by atomic mass is 32.2. The Morgan fingerprint density at radius 1 is 1.40 bits per heavy atom. The maximum Gasteiger partial charge on any atom is 0.156 e. The molecule has 2 aromatic rings. The first kappa shape index (κ1) is 10.4. The molecule has 3 nitrogen and oxygen atoms in total. The van der Waals surface area contributed by atoms with E-state index in [1.165, 1.54) is 0 Å². The normalized spacial score (nSPS) is 10.5. The summed E-state index contributed by atoms with van der Waals surface area (Å²) in [6.07, 6.45) is 1.69. The molecule has 78 valence electrons. The third-order valence-electron chi connectivity index (χ3n) is 1.92. The van der Waals surface area contributed by atoms with E-state index in [9.17, 15) is 0 Å². The van der Waals surface area contributed by atoms with Crippen LogP contribution in [-0.4, -0.2) is 9.97 Å². The standard InChI is InChI=1S/C10H11N3S2/c1-6-3-9(12-4-8(6)11)15-10-13-7(2)5-14-10/h3-5H,11H2,1-2H3. The highest BCUT2D eigenvalue weighted by Crippen LogP contribution is 2.29. The average molecular weight is 237 g/mol. The van der Waals surface area contributed by atoms with Crippen LogP contribution in [0, 0.1) is 13.8 Å². The number of aromatic nitrogens is 2. The van der Waals surface area contributed by atoms with Crippen LogP contribution < -0.4 is 5.73 Å². The molecule has 2 N–H and O–H groups in total. The van der Waals surface area contributed by atoms with E-state index in [2.05, 4.69) is 9.97 Å². The Bertz CT molecular complexity index is 479. The van der Waals surface area contributed by atoms with E-state index in [1.54, 1.807) is 29.3 Å². The van der Waals surface area contributed by atoms with Crippen molar-refractivity contribution in [1.29, 1.82) is 0 Å². The van der Waals surface area contributed by atoms with Crippen LogP contribution in [0.3, 0.4) is 0 Å². The molecular formula is C10H11N3S2. The lowest BCUT2D eigenvalue weighted by molar-refractivity contribution is 1.10. The van der Waals surface area contributed by atoms with Gasteiger partial charge >= 0.3 is 0 Å². The zero-order valence-electron chi connectivity index (χ0n) is 8.52. The summed E-state index contributed by atoms with van der Waals surface area (Å²) in [7, 11) is 0. The van der Waals surface area contributed by atoms with E-state index in [0.29, 0.717) is 0 Å². The molecule has 0 aromatic carbocycles. The number of rotatable bonds is 2. The molecule has 0 saturated carbocycles. The molecular weight excluding hydrogens is 226 g/mol. The number of pyridine rings is 1. The number of nitrogen functional groups attached to an aromatic ring is 1. The molecule has 2 heterocycles. The van der Waals surface area contributed by atoms with Gasteiger partial charge < -0.3 is 5.73 Å². The van der Waals surface area contributed by atoms with Crippen molar-refractivity contribution in [3.8, 4) is 0 Å². The smallest absolute Gasteiger partial charge is 0.156 e. The fourth-order valence-corrected chi connectivity index (χ4v) is 2.89. The summed E-state index contributed by atoms with van der Waals surface area (Å²) in [5.41, 5.74) is 8.54. The number of thiazole rings is 1. The third-order valence-corrected chi connectivity index (χ3v) is 3.90. The van der Waals surface area contributed by atoms with Gasteiger partial charge in [0.15, 0.2) is 4.34 Å². The van der Waals surface area contributed by atoms with Crippen LogP contribution in [0.4, 0.5) is 5.69 Å². The minimum absolute atomic E-state index is 0.731. The fraction of sp³-hybridized carbons (Fsp3) is 0.200. The largest absolute Gasteiger partial charge is 0.397 e. The van der Waals surface area contributed by atoms with E-state index in [-0.39, 0.29) is 0 Å². The number of nitrogens with two attached hydrogens (primary N) is 1. The van der Waals surface area contributed by atoms with E-state index >= 15 is 0 Å². The minimum Gasteiger partial charge on any atom is -0.397 e. The maximum atomic E-state index is 5.70. The summed E-state index contributed by atoms with van der Waals surface area (Å²) in [6.45, 7) is 3.97. The maximum absolute atomic E-state index is 5.70. The molecule has 0 radical (unpaired) electrons. The Hall–Kier alpha value is -1.07. The quantitative estimate of drug-likeness (QED) is 0.872. The third kappa shape index (κ3) is 2.49. The molecule has 0 bridgehead atoms. The zero-order chi connectivity index (χ0) is 10.8. The van der Waals surface area contributed by atoms with Crippen molar-refractivity contribution >= 4 is 28.8 Å². The van der Waals surface area contributed by atoms with Crippen molar-refractivity contribution in [3.05, 3.63) is 28.9 Å². The SMILES string of the molecule is Cc1csc(Sc2cc(C)c(N)cn2)n1. The summed E-state index contributed by atoms with van der Waals surface area (Å²) in [5.74, 6) is 0. The molecule has 2 aromatic heterocycles. The predicted molar refractivity (Wildman–Crippen MR) is 64.4 cm³/mol. The lowest BCUT2D eigenvalue weighted by Crippen LogP contribution is -1.91. The summed E-state index contributed by atoms with van der Waals surface area (Å²) < 4.78 is 1.02. The van der Waals surface area contributed by atoms with Crippen molar-refractivity contribution in [2.45, 2.75) is 23.2 Å². The Morgan fingerprint density at radius 2 is 2.20 bits per heavy atom. The van der Waals surface area contributed by atoms with Crippen LogP contribution in [0.2, 0.25) is 0 Å². The molecule has 0 saturated heterocycles. The molecule has 0 spiro atoms. The van der Waals surface area contributed by atoms with Gasteiger partial charge in [-0.3, -0.25) is 0 Å². The van der Waals surface area contributed by atoms with Gasteiger partial charge in [0.1, 0.15) is 5.03 Å². The molecule has 0 amide bonds. The van der Waals surface area contributed by atoms with Crippen molar-refractivity contribution in [2.75, 3.05) is 5.73 Å². The number of nitrogens with zero attached hydrogens (tertiary/aromatic N) is 2. The Balaban J connectivity index is 2.21. The van der Waals surface area contributed by atoms with Crippen molar-refractivity contribution in [1.82, 2.24) is 9.97 Å². The summed E-state index contributed by atoms with van der Waals surface area (Å²) in [6, 6.07) is 1.98. The molecule has 2 rings (SSSR count). The predicted octanol–water partition coefficient (Wildman–Crippen LogP) is 2.89. The summed E-state index contributed by atoms with van der Waals surface area (Å²) >= 11 is 3.21. The lowest BCUT2D eigenvalue weighted by Gasteiger charge is -2.01. The molecule has 0 aliphatic rings. The second-order valence-corrected chi connectivity index (χ2v) is 5.36. The van der Waals surface area contributed by atoms with Crippen molar-refractivity contribution in [3.63, 3.8) is 0 Å². The highest BCUT2D eigenvalue weighted by Gasteiger charge is 2.04. The number of anilines is 1. The molecule has 0 fully saturated rings. The molecule has 0 atom stereocenters. The minimum atomic E-state index is 0.731. The number of hydrogen-bond donors (Lipinski definition) is 1. The van der Waals surface area contributed by atoms with Crippen LogP contribution in [-0.2, 0) is 0 Å². The monoisotopic (exact) mass is 237 g/mol. The second kappa shape index (κ2) is 4.20. The fourth-order valence-electron chi connectivity index (χ4n) is 1.07. The van der Waals surface area contributed by atoms with Gasteiger partial charge in [-0.25, -0.2) is 9.97 Å². The second-order valence-electron chi connectivity index (χ2n) is 3.24. The number of hydrogen-bond acceptors (Lipinski definition) is 5. The van der Waals surface area contributed by atoms with Crippen molar-refractivity contribution < 1.29 is 0 Å². The van der Waals surface area contributed by atoms with Gasteiger partial charge in [0, 0.05) is 11.1 Å². The van der Waals surface area contributed by atoms with Gasteiger partial charge in [-0.2, -0.15) is 0 Å². The van der Waals surface area contributed by atoms with E-state index in [1.807, 2.05) is 25.3 Å². The lowest BCUT2D eigenvalue weighted by atomic mass is 10.3. The number of aryl methyl sites for hydroxylation is 2. The summed E-state index contributed by atoms with van der Waals surface area (Å²) in [4.78, 5) is 8.62. The molecule has 5 heteroatoms. The molecule has 15 heavy (non-hydrogen) atoms. The van der Waals surface area contributed by atoms with Crippen LogP contribution in [0.1, 0.15) is 11.3 Å². The average Bonchev–Trinajstić information content (AvgIpc) is 2.58. The molecule has 0 aliphatic carbocycles. The Labute approximate surface area is 96.8 Å². The zero-order valence-corrected chi connectivity index (χ0v) is 10.2. The first-order chi connectivity index (χ1) is 7.15. The Morgan fingerprint density at radius 3 is 2.80 bits per heavy atom. The van der Waals surface area contributed by atoms with E-state index < -0.39 is 0 Å². The van der Waals surface area contributed by atoms with Crippen LogP contribution >= 0.6 is 23.1 Å². The van der Waals surface area contributed by atoms with Gasteiger partial charge in [-0.15, -0.1) is 11.3 Å². The van der Waals surface area contributed by atoms with Gasteiger partial charge in [0.25, 0.3) is 0 Å². The topological polar surface area (TPSA) is 51.8 Å². The van der Waals surface area contributed by atoms with Gasteiger partial charge in [-0.1, -0.05) is 0 Å². The van der Waals surface area contributed by atoms with E-state index in [4.69, 9.17) is 5.73 Å². The summed E-state index contributed by atoms with van der Waals surface area (Å²) in [5, 5.41) is 2.98. The van der Waals surface area contributed by atoms with Crippen LogP contribution in [0.25, 0.3) is 0 Å². The molecule has 0 unspecified atom stereocenters. The first-order valence-corrected chi connectivity index (χ1v) is 6.17. The highest BCUT2D eigenvalue weighted by molar-refractivity contribution is 8.01. The van der Waals surface area contributed by atoms with Gasteiger partial charge in [-0.05, 0) is 37.2 Å². The van der Waals surface area contributed by atoms with Crippen LogP contribution in [0.5, 0.6) is 0 Å². The van der Waals surface area contributed by atoms with Gasteiger partial charge in [0.05, 0.1) is 11.9 Å². The Kier molecular flexibility index (Phi) is 2.93. The van der Waals surface area contributed by atoms with E-state index in [0.717, 1.165) is 26.3 Å².